The summed E-state index contributed by atoms with van der Waals surface area (Å²) < 4.78 is 0. The first-order valence-electron chi connectivity index (χ1n) is 3.52. The van der Waals surface area contributed by atoms with Crippen LogP contribution >= 0.6 is 0 Å². The van der Waals surface area contributed by atoms with Gasteiger partial charge in [-0.05, 0) is 0 Å². The van der Waals surface area contributed by atoms with Gasteiger partial charge in [0.25, 0.3) is 0 Å². The molecule has 0 radical (unpaired) electrons. The van der Waals surface area contributed by atoms with E-state index in [1.807, 2.05) is 0 Å². The maximum absolute atomic E-state index is 10.9. The Morgan fingerprint density at radius 1 is 1.27 bits per heavy atom. The van der Waals surface area contributed by atoms with Crippen LogP contribution in [0.25, 0.3) is 0 Å². The van der Waals surface area contributed by atoms with E-state index in [1.54, 1.807) is 0 Å². The number of imide groups is 1. The normalized spacial score (nSPS) is 17.6. The molecule has 1 aliphatic rings. The van der Waals surface area contributed by atoms with Crippen molar-refractivity contribution in [2.24, 2.45) is 0 Å². The van der Waals surface area contributed by atoms with Gasteiger partial charge in [-0.1, -0.05) is 0 Å². The van der Waals surface area contributed by atoms with Crippen LogP contribution in [0.3, 0.4) is 0 Å². The zero-order valence-corrected chi connectivity index (χ0v) is 6.08. The molecule has 4 nitrogen and oxygen atoms in total. The lowest BCUT2D eigenvalue weighted by atomic mass is 10.4. The molecule has 0 spiro atoms. The fourth-order valence-corrected chi connectivity index (χ4v) is 1.05. The summed E-state index contributed by atoms with van der Waals surface area (Å²) in [6, 6.07) is 0. The first-order valence-corrected chi connectivity index (χ1v) is 3.52. The summed E-state index contributed by atoms with van der Waals surface area (Å²) in [5, 5.41) is 0. The lowest BCUT2D eigenvalue weighted by Gasteiger charge is -2.10. The quantitative estimate of drug-likeness (QED) is 0.416. The Labute approximate surface area is 64.2 Å². The predicted molar refractivity (Wildman–Crippen MR) is 36.6 cm³/mol. The van der Waals surface area contributed by atoms with Gasteiger partial charge in [0.2, 0.25) is 11.8 Å². The van der Waals surface area contributed by atoms with Gasteiger partial charge in [-0.15, -0.1) is 0 Å². The maximum Gasteiger partial charge on any atom is 0.229 e. The van der Waals surface area contributed by atoms with E-state index >= 15 is 0 Å². The minimum absolute atomic E-state index is 0.156. The van der Waals surface area contributed by atoms with E-state index in [0.717, 1.165) is 4.90 Å². The zero-order chi connectivity index (χ0) is 8.27. The van der Waals surface area contributed by atoms with Crippen LogP contribution in [0.5, 0.6) is 0 Å². The topological polar surface area (TPSA) is 54.5 Å². The first kappa shape index (κ1) is 7.91. The van der Waals surface area contributed by atoms with E-state index < -0.39 is 0 Å². The number of hydrogen-bond acceptors (Lipinski definition) is 3. The van der Waals surface area contributed by atoms with Crippen molar-refractivity contribution in [1.82, 2.24) is 4.90 Å². The highest BCUT2D eigenvalue weighted by atomic mass is 16.2. The second kappa shape index (κ2) is 3.27. The van der Waals surface area contributed by atoms with Gasteiger partial charge in [-0.2, -0.15) is 0 Å². The van der Waals surface area contributed by atoms with Crippen LogP contribution in [0, 0.1) is 0 Å². The van der Waals surface area contributed by atoms with Crippen molar-refractivity contribution in [1.29, 1.82) is 0 Å². The largest absolute Gasteiger partial charge is 0.303 e. The van der Waals surface area contributed by atoms with Crippen molar-refractivity contribution in [3.63, 3.8) is 0 Å². The Hall–Kier alpha value is -1.19. The number of aldehydes is 1. The molecule has 0 aromatic heterocycles. The molecular weight excluding hydrogens is 146 g/mol. The minimum atomic E-state index is -0.156. The van der Waals surface area contributed by atoms with Crippen molar-refractivity contribution < 1.29 is 14.4 Å². The van der Waals surface area contributed by atoms with Gasteiger partial charge in [0.1, 0.15) is 6.29 Å². The molecule has 0 atom stereocenters. The van der Waals surface area contributed by atoms with E-state index in [1.165, 1.54) is 0 Å². The number of carbonyl (C=O) groups is 3. The highest BCUT2D eigenvalue weighted by Gasteiger charge is 2.27. The molecule has 1 fully saturated rings. The third-order valence-corrected chi connectivity index (χ3v) is 1.63. The standard InChI is InChI=1S/C7H9NO3/c9-5-1-4-8-6(10)2-3-7(8)11/h5H,1-4H2. The summed E-state index contributed by atoms with van der Waals surface area (Å²) in [7, 11) is 0. The van der Waals surface area contributed by atoms with Crippen LogP contribution in [0.1, 0.15) is 19.3 Å². The SMILES string of the molecule is O=CCCN1C(=O)CCC1=O. The smallest absolute Gasteiger partial charge is 0.229 e. The highest BCUT2D eigenvalue weighted by molar-refractivity contribution is 6.02. The first-order chi connectivity index (χ1) is 5.25. The number of rotatable bonds is 3. The molecule has 2 amide bonds. The molecule has 0 unspecified atom stereocenters. The van der Waals surface area contributed by atoms with Gasteiger partial charge in [0.05, 0.1) is 0 Å². The molecule has 0 N–H and O–H groups in total. The molecule has 1 saturated heterocycles. The second-order valence-electron chi connectivity index (χ2n) is 2.39. The van der Waals surface area contributed by atoms with Gasteiger partial charge in [-0.3, -0.25) is 14.5 Å². The summed E-state index contributed by atoms with van der Waals surface area (Å²) in [6.07, 6.45) is 1.56. The molecule has 0 saturated carbocycles. The molecule has 1 rings (SSSR count). The summed E-state index contributed by atoms with van der Waals surface area (Å²) in [5.41, 5.74) is 0. The Morgan fingerprint density at radius 3 is 2.27 bits per heavy atom. The fourth-order valence-electron chi connectivity index (χ4n) is 1.05. The average Bonchev–Trinajstić information content (AvgIpc) is 2.29. The third-order valence-electron chi connectivity index (χ3n) is 1.63. The summed E-state index contributed by atoms with van der Waals surface area (Å²) in [6.45, 7) is 0.251. The monoisotopic (exact) mass is 155 g/mol. The molecule has 11 heavy (non-hydrogen) atoms. The Morgan fingerprint density at radius 2 is 1.82 bits per heavy atom. The van der Waals surface area contributed by atoms with Crippen LogP contribution < -0.4 is 0 Å². The molecule has 0 aliphatic carbocycles. The van der Waals surface area contributed by atoms with Crippen LogP contribution in [-0.2, 0) is 14.4 Å². The van der Waals surface area contributed by atoms with Crippen LogP contribution in [0.4, 0.5) is 0 Å². The van der Waals surface area contributed by atoms with E-state index in [9.17, 15) is 14.4 Å². The molecule has 0 aromatic rings. The van der Waals surface area contributed by atoms with Crippen molar-refractivity contribution in [3.05, 3.63) is 0 Å². The Kier molecular flexibility index (Phi) is 2.36. The highest BCUT2D eigenvalue weighted by Crippen LogP contribution is 2.10. The average molecular weight is 155 g/mol. The van der Waals surface area contributed by atoms with Crippen LogP contribution in [0.15, 0.2) is 0 Å². The van der Waals surface area contributed by atoms with Crippen molar-refractivity contribution in [2.45, 2.75) is 19.3 Å². The second-order valence-corrected chi connectivity index (χ2v) is 2.39. The van der Waals surface area contributed by atoms with E-state index in [4.69, 9.17) is 0 Å². The molecule has 1 aliphatic heterocycles. The number of likely N-dealkylation sites (tertiary alicyclic amines) is 1. The number of nitrogens with zero attached hydrogens (tertiary/aromatic N) is 1. The molecule has 0 aromatic carbocycles. The lowest BCUT2D eigenvalue weighted by molar-refractivity contribution is -0.138. The molecule has 1 heterocycles. The maximum atomic E-state index is 10.9. The Bertz CT molecular complexity index is 184. The fraction of sp³-hybridized carbons (Fsp3) is 0.571. The van der Waals surface area contributed by atoms with Gasteiger partial charge in [0, 0.05) is 25.8 Å². The Balaban J connectivity index is 2.47. The van der Waals surface area contributed by atoms with E-state index in [2.05, 4.69) is 0 Å². The third kappa shape index (κ3) is 1.63. The van der Waals surface area contributed by atoms with Crippen molar-refractivity contribution >= 4 is 18.1 Å². The molecular formula is C7H9NO3. The van der Waals surface area contributed by atoms with Crippen LogP contribution in [0.2, 0.25) is 0 Å². The predicted octanol–water partition coefficient (Wildman–Crippen LogP) is -0.276. The van der Waals surface area contributed by atoms with Gasteiger partial charge in [-0.25, -0.2) is 0 Å². The van der Waals surface area contributed by atoms with Gasteiger partial charge < -0.3 is 4.79 Å². The van der Waals surface area contributed by atoms with Crippen LogP contribution in [-0.4, -0.2) is 29.5 Å². The minimum Gasteiger partial charge on any atom is -0.303 e. The number of hydrogen-bond donors (Lipinski definition) is 0. The molecule has 0 bridgehead atoms. The number of carbonyl (C=O) groups excluding carboxylic acids is 3. The summed E-state index contributed by atoms with van der Waals surface area (Å²) in [4.78, 5) is 32.8. The van der Waals surface area contributed by atoms with Crippen molar-refractivity contribution in [2.75, 3.05) is 6.54 Å². The molecule has 60 valence electrons. The van der Waals surface area contributed by atoms with E-state index in [-0.39, 0.29) is 24.8 Å². The van der Waals surface area contributed by atoms with Gasteiger partial charge in [0.15, 0.2) is 0 Å². The summed E-state index contributed by atoms with van der Waals surface area (Å²) >= 11 is 0. The lowest BCUT2D eigenvalue weighted by Crippen LogP contribution is -2.30. The summed E-state index contributed by atoms with van der Waals surface area (Å²) in [5.74, 6) is -0.311. The molecule has 4 heteroatoms. The zero-order valence-electron chi connectivity index (χ0n) is 6.08. The van der Waals surface area contributed by atoms with Gasteiger partial charge >= 0.3 is 0 Å². The van der Waals surface area contributed by atoms with E-state index in [0.29, 0.717) is 19.1 Å². The number of amides is 2. The van der Waals surface area contributed by atoms with Crippen molar-refractivity contribution in [3.8, 4) is 0 Å².